The van der Waals surface area contributed by atoms with Crippen LogP contribution in [0.15, 0.2) is 0 Å². The quantitative estimate of drug-likeness (QED) is 0.764. The Labute approximate surface area is 119 Å². The SMILES string of the molecule is CC(C)CC(NC(=O)C1CSCCN1)C(=O)N(C)C. The Morgan fingerprint density at radius 1 is 1.42 bits per heavy atom. The van der Waals surface area contributed by atoms with Gasteiger partial charge in [0.25, 0.3) is 0 Å². The molecule has 1 aliphatic rings. The van der Waals surface area contributed by atoms with E-state index in [9.17, 15) is 9.59 Å². The van der Waals surface area contributed by atoms with E-state index in [-0.39, 0.29) is 17.9 Å². The van der Waals surface area contributed by atoms with E-state index in [4.69, 9.17) is 0 Å². The molecule has 110 valence electrons. The highest BCUT2D eigenvalue weighted by Gasteiger charge is 2.27. The number of nitrogens with one attached hydrogen (secondary N) is 2. The van der Waals surface area contributed by atoms with Gasteiger partial charge in [0, 0.05) is 32.1 Å². The van der Waals surface area contributed by atoms with Gasteiger partial charge < -0.3 is 15.5 Å². The molecule has 1 saturated heterocycles. The summed E-state index contributed by atoms with van der Waals surface area (Å²) in [5.74, 6) is 2.08. The van der Waals surface area contributed by atoms with Gasteiger partial charge in [-0.1, -0.05) is 13.8 Å². The van der Waals surface area contributed by atoms with Gasteiger partial charge in [0.1, 0.15) is 6.04 Å². The summed E-state index contributed by atoms with van der Waals surface area (Å²) >= 11 is 1.77. The zero-order valence-corrected chi connectivity index (χ0v) is 13.0. The number of hydrogen-bond acceptors (Lipinski definition) is 4. The monoisotopic (exact) mass is 287 g/mol. The number of carbonyl (C=O) groups excluding carboxylic acids is 2. The third-order valence-corrected chi connectivity index (χ3v) is 4.06. The third kappa shape index (κ3) is 5.40. The predicted octanol–water partition coefficient (Wildman–Crippen LogP) is 0.311. The summed E-state index contributed by atoms with van der Waals surface area (Å²) < 4.78 is 0. The molecule has 1 aliphatic heterocycles. The lowest BCUT2D eigenvalue weighted by Crippen LogP contribution is -2.55. The third-order valence-electron chi connectivity index (χ3n) is 3.00. The molecule has 6 heteroatoms. The predicted molar refractivity (Wildman–Crippen MR) is 79.2 cm³/mol. The van der Waals surface area contributed by atoms with Crippen molar-refractivity contribution in [2.45, 2.75) is 32.4 Å². The van der Waals surface area contributed by atoms with Crippen LogP contribution in [0, 0.1) is 5.92 Å². The van der Waals surface area contributed by atoms with Gasteiger partial charge in [0.05, 0.1) is 6.04 Å². The van der Waals surface area contributed by atoms with Gasteiger partial charge in [-0.15, -0.1) is 0 Å². The van der Waals surface area contributed by atoms with Gasteiger partial charge in [-0.3, -0.25) is 9.59 Å². The lowest BCUT2D eigenvalue weighted by Gasteiger charge is -2.27. The highest BCUT2D eigenvalue weighted by atomic mass is 32.2. The van der Waals surface area contributed by atoms with Gasteiger partial charge in [-0.2, -0.15) is 11.8 Å². The summed E-state index contributed by atoms with van der Waals surface area (Å²) in [5.41, 5.74) is 0. The van der Waals surface area contributed by atoms with Gasteiger partial charge in [-0.05, 0) is 12.3 Å². The molecule has 1 rings (SSSR count). The fourth-order valence-corrected chi connectivity index (χ4v) is 2.94. The van der Waals surface area contributed by atoms with Crippen LogP contribution in [0.1, 0.15) is 20.3 Å². The van der Waals surface area contributed by atoms with Crippen molar-refractivity contribution in [1.82, 2.24) is 15.5 Å². The number of amides is 2. The van der Waals surface area contributed by atoms with Crippen molar-refractivity contribution in [2.75, 3.05) is 32.1 Å². The van der Waals surface area contributed by atoms with Crippen LogP contribution in [0.5, 0.6) is 0 Å². The summed E-state index contributed by atoms with van der Waals surface area (Å²) in [6.07, 6.45) is 0.669. The average Bonchev–Trinajstić information content (AvgIpc) is 2.37. The second kappa shape index (κ2) is 7.75. The van der Waals surface area contributed by atoms with E-state index in [1.807, 2.05) is 0 Å². The van der Waals surface area contributed by atoms with Crippen LogP contribution >= 0.6 is 11.8 Å². The Bertz CT molecular complexity index is 315. The van der Waals surface area contributed by atoms with Crippen LogP contribution in [0.2, 0.25) is 0 Å². The molecule has 0 saturated carbocycles. The smallest absolute Gasteiger partial charge is 0.244 e. The Morgan fingerprint density at radius 2 is 2.11 bits per heavy atom. The molecule has 0 aromatic rings. The lowest BCUT2D eigenvalue weighted by molar-refractivity contribution is -0.135. The highest BCUT2D eigenvalue weighted by molar-refractivity contribution is 7.99. The van der Waals surface area contributed by atoms with E-state index in [1.54, 1.807) is 25.9 Å². The van der Waals surface area contributed by atoms with Crippen molar-refractivity contribution in [3.8, 4) is 0 Å². The maximum absolute atomic E-state index is 12.2. The second-order valence-corrected chi connectivity index (χ2v) is 6.65. The van der Waals surface area contributed by atoms with Gasteiger partial charge in [0.15, 0.2) is 0 Å². The van der Waals surface area contributed by atoms with Gasteiger partial charge >= 0.3 is 0 Å². The molecule has 2 atom stereocenters. The fourth-order valence-electron chi connectivity index (χ4n) is 2.01. The summed E-state index contributed by atoms with van der Waals surface area (Å²) in [5, 5.41) is 6.08. The minimum Gasteiger partial charge on any atom is -0.347 e. The summed E-state index contributed by atoms with van der Waals surface area (Å²) in [7, 11) is 3.44. The van der Waals surface area contributed by atoms with E-state index in [2.05, 4.69) is 24.5 Å². The summed E-state index contributed by atoms with van der Waals surface area (Å²) in [4.78, 5) is 25.8. The zero-order valence-electron chi connectivity index (χ0n) is 12.2. The Kier molecular flexibility index (Phi) is 6.65. The van der Waals surface area contributed by atoms with E-state index in [0.717, 1.165) is 18.1 Å². The molecule has 5 nitrogen and oxygen atoms in total. The molecule has 0 spiro atoms. The van der Waals surface area contributed by atoms with Crippen molar-refractivity contribution in [1.29, 1.82) is 0 Å². The minimum absolute atomic E-state index is 0.0366. The standard InChI is InChI=1S/C13H25N3O2S/c1-9(2)7-10(13(18)16(3)4)15-12(17)11-8-19-6-5-14-11/h9-11,14H,5-8H2,1-4H3,(H,15,17). The topological polar surface area (TPSA) is 61.4 Å². The molecule has 0 aromatic carbocycles. The maximum atomic E-state index is 12.2. The Morgan fingerprint density at radius 3 is 2.58 bits per heavy atom. The van der Waals surface area contributed by atoms with Crippen LogP contribution in [-0.2, 0) is 9.59 Å². The van der Waals surface area contributed by atoms with Crippen molar-refractivity contribution in [3.63, 3.8) is 0 Å². The molecule has 1 fully saturated rings. The number of nitrogens with zero attached hydrogens (tertiary/aromatic N) is 1. The molecule has 0 bridgehead atoms. The van der Waals surface area contributed by atoms with Crippen molar-refractivity contribution in [2.24, 2.45) is 5.92 Å². The van der Waals surface area contributed by atoms with Crippen molar-refractivity contribution in [3.05, 3.63) is 0 Å². The van der Waals surface area contributed by atoms with Gasteiger partial charge in [-0.25, -0.2) is 0 Å². The van der Waals surface area contributed by atoms with Crippen molar-refractivity contribution < 1.29 is 9.59 Å². The number of hydrogen-bond donors (Lipinski definition) is 2. The first-order valence-electron chi connectivity index (χ1n) is 6.74. The fraction of sp³-hybridized carbons (Fsp3) is 0.846. The Balaban J connectivity index is 2.60. The van der Waals surface area contributed by atoms with Gasteiger partial charge in [0.2, 0.25) is 11.8 Å². The molecular formula is C13H25N3O2S. The Hall–Kier alpha value is -0.750. The molecule has 0 aromatic heterocycles. The minimum atomic E-state index is -0.420. The van der Waals surface area contributed by atoms with Crippen LogP contribution in [0.25, 0.3) is 0 Å². The lowest BCUT2D eigenvalue weighted by atomic mass is 10.0. The first-order valence-corrected chi connectivity index (χ1v) is 7.90. The molecule has 1 heterocycles. The average molecular weight is 287 g/mol. The van der Waals surface area contributed by atoms with Crippen LogP contribution in [0.4, 0.5) is 0 Å². The molecule has 0 aliphatic carbocycles. The van der Waals surface area contributed by atoms with E-state index >= 15 is 0 Å². The molecule has 2 N–H and O–H groups in total. The van der Waals surface area contributed by atoms with E-state index < -0.39 is 6.04 Å². The normalized spacial score (nSPS) is 21.0. The zero-order chi connectivity index (χ0) is 14.4. The van der Waals surface area contributed by atoms with E-state index in [0.29, 0.717) is 12.3 Å². The molecule has 19 heavy (non-hydrogen) atoms. The first kappa shape index (κ1) is 16.3. The number of carbonyl (C=O) groups is 2. The molecule has 2 amide bonds. The molecule has 2 unspecified atom stereocenters. The number of thioether (sulfide) groups is 1. The molecule has 0 radical (unpaired) electrons. The second-order valence-electron chi connectivity index (χ2n) is 5.51. The number of likely N-dealkylation sites (N-methyl/N-ethyl adjacent to an activating group) is 1. The molecular weight excluding hydrogens is 262 g/mol. The number of rotatable bonds is 5. The van der Waals surface area contributed by atoms with Crippen LogP contribution < -0.4 is 10.6 Å². The van der Waals surface area contributed by atoms with Crippen molar-refractivity contribution >= 4 is 23.6 Å². The first-order chi connectivity index (χ1) is 8.91. The van der Waals surface area contributed by atoms with Crippen LogP contribution in [-0.4, -0.2) is 60.9 Å². The maximum Gasteiger partial charge on any atom is 0.244 e. The van der Waals surface area contributed by atoms with E-state index in [1.165, 1.54) is 4.90 Å². The summed E-state index contributed by atoms with van der Waals surface area (Å²) in [6, 6.07) is -0.598. The largest absolute Gasteiger partial charge is 0.347 e. The summed E-state index contributed by atoms with van der Waals surface area (Å²) in [6.45, 7) is 4.95. The highest BCUT2D eigenvalue weighted by Crippen LogP contribution is 2.10. The van der Waals surface area contributed by atoms with Crippen LogP contribution in [0.3, 0.4) is 0 Å².